The molecule has 0 aromatic heterocycles. The predicted octanol–water partition coefficient (Wildman–Crippen LogP) is 4.64. The molecule has 0 spiro atoms. The van der Waals surface area contributed by atoms with Gasteiger partial charge in [0.25, 0.3) is 0 Å². The zero-order chi connectivity index (χ0) is 26.6. The lowest BCUT2D eigenvalue weighted by Crippen LogP contribution is -2.56. The Morgan fingerprint density at radius 1 is 0.919 bits per heavy atom. The van der Waals surface area contributed by atoms with Crippen molar-refractivity contribution < 1.29 is 33.6 Å². The first kappa shape index (κ1) is 26.7. The SMILES string of the molecule is COc1ccc([C@@H]2[C@H]3CCCC[C@]3(O)CCN2C(=O)C=Cc2cc(OC)c(OC)c(OC)c2)c(OC)c1. The third kappa shape index (κ3) is 5.21. The van der Waals surface area contributed by atoms with Crippen LogP contribution in [0.15, 0.2) is 36.4 Å². The summed E-state index contributed by atoms with van der Waals surface area (Å²) in [5.74, 6) is 2.62. The molecule has 0 unspecified atom stereocenters. The van der Waals surface area contributed by atoms with Crippen molar-refractivity contribution in [2.45, 2.75) is 43.7 Å². The monoisotopic (exact) mass is 511 g/mol. The Hall–Kier alpha value is -3.39. The van der Waals surface area contributed by atoms with E-state index in [9.17, 15) is 9.90 Å². The largest absolute Gasteiger partial charge is 0.497 e. The average molecular weight is 512 g/mol. The molecule has 37 heavy (non-hydrogen) atoms. The molecular formula is C29H37NO7. The van der Waals surface area contributed by atoms with Gasteiger partial charge < -0.3 is 33.7 Å². The summed E-state index contributed by atoms with van der Waals surface area (Å²) in [6, 6.07) is 8.93. The molecule has 2 fully saturated rings. The molecule has 1 aliphatic heterocycles. The maximum Gasteiger partial charge on any atom is 0.247 e. The van der Waals surface area contributed by atoms with Crippen molar-refractivity contribution in [3.63, 3.8) is 0 Å². The van der Waals surface area contributed by atoms with Crippen LogP contribution in [-0.4, -0.2) is 63.6 Å². The summed E-state index contributed by atoms with van der Waals surface area (Å²) in [6.07, 6.45) is 7.47. The summed E-state index contributed by atoms with van der Waals surface area (Å²) >= 11 is 0. The zero-order valence-electron chi connectivity index (χ0n) is 22.3. The number of carbonyl (C=O) groups excluding carboxylic acids is 1. The molecule has 1 saturated carbocycles. The number of hydrogen-bond acceptors (Lipinski definition) is 7. The minimum Gasteiger partial charge on any atom is -0.497 e. The van der Waals surface area contributed by atoms with Gasteiger partial charge in [-0.2, -0.15) is 0 Å². The highest BCUT2D eigenvalue weighted by atomic mass is 16.5. The summed E-state index contributed by atoms with van der Waals surface area (Å²) in [6.45, 7) is 0.450. The Morgan fingerprint density at radius 3 is 2.24 bits per heavy atom. The first-order valence-electron chi connectivity index (χ1n) is 12.6. The number of benzene rings is 2. The normalized spacial score (nSPS) is 23.4. The van der Waals surface area contributed by atoms with Gasteiger partial charge in [0.2, 0.25) is 11.7 Å². The minimum absolute atomic E-state index is 0.0872. The van der Waals surface area contributed by atoms with E-state index >= 15 is 0 Å². The van der Waals surface area contributed by atoms with Gasteiger partial charge in [-0.15, -0.1) is 0 Å². The van der Waals surface area contributed by atoms with Gasteiger partial charge in [-0.05, 0) is 55.2 Å². The second kappa shape index (κ2) is 11.3. The molecule has 1 N–H and O–H groups in total. The number of ether oxygens (including phenoxy) is 5. The van der Waals surface area contributed by atoms with Gasteiger partial charge in [0.05, 0.1) is 47.2 Å². The van der Waals surface area contributed by atoms with Crippen LogP contribution in [0.3, 0.4) is 0 Å². The zero-order valence-corrected chi connectivity index (χ0v) is 22.3. The fraction of sp³-hybridized carbons (Fsp3) is 0.483. The van der Waals surface area contributed by atoms with Gasteiger partial charge in [0.15, 0.2) is 11.5 Å². The molecule has 2 aromatic carbocycles. The molecule has 8 nitrogen and oxygen atoms in total. The van der Waals surface area contributed by atoms with Crippen molar-refractivity contribution in [3.05, 3.63) is 47.5 Å². The number of nitrogens with zero attached hydrogens (tertiary/aromatic N) is 1. The second-order valence-corrected chi connectivity index (χ2v) is 9.58. The van der Waals surface area contributed by atoms with Gasteiger partial charge in [-0.25, -0.2) is 0 Å². The Labute approximate surface area is 218 Å². The first-order valence-corrected chi connectivity index (χ1v) is 12.6. The van der Waals surface area contributed by atoms with E-state index in [0.29, 0.717) is 41.7 Å². The minimum atomic E-state index is -0.801. The fourth-order valence-corrected chi connectivity index (χ4v) is 5.84. The number of likely N-dealkylation sites (tertiary alicyclic amines) is 1. The Bertz CT molecular complexity index is 1120. The third-order valence-electron chi connectivity index (χ3n) is 7.72. The maximum atomic E-state index is 13.7. The van der Waals surface area contributed by atoms with Crippen molar-refractivity contribution in [1.29, 1.82) is 0 Å². The molecule has 1 saturated heterocycles. The third-order valence-corrected chi connectivity index (χ3v) is 7.72. The summed E-state index contributed by atoms with van der Waals surface area (Å²) < 4.78 is 27.4. The van der Waals surface area contributed by atoms with E-state index in [-0.39, 0.29) is 17.9 Å². The van der Waals surface area contributed by atoms with Crippen molar-refractivity contribution in [1.82, 2.24) is 4.90 Å². The van der Waals surface area contributed by atoms with Gasteiger partial charge >= 0.3 is 0 Å². The lowest BCUT2D eigenvalue weighted by molar-refractivity contribution is -0.151. The number of rotatable bonds is 8. The predicted molar refractivity (Wildman–Crippen MR) is 141 cm³/mol. The quantitative estimate of drug-likeness (QED) is 0.517. The highest BCUT2D eigenvalue weighted by Crippen LogP contribution is 2.51. The number of hydrogen-bond donors (Lipinski definition) is 1. The lowest BCUT2D eigenvalue weighted by Gasteiger charge is -2.52. The van der Waals surface area contributed by atoms with E-state index in [1.807, 2.05) is 23.1 Å². The molecule has 200 valence electrons. The smallest absolute Gasteiger partial charge is 0.247 e. The standard InChI is InChI=1S/C29H37NO7/c1-33-20-10-11-21(23(18-20)34-2)27-22-8-6-7-13-29(22,32)14-15-30(27)26(31)12-9-19-16-24(35-3)28(37-5)25(17-19)36-4/h9-12,16-18,22,27,32H,6-8,13-15H2,1-5H3/t22-,27-,29+/m1/s1. The number of piperidine rings is 1. The number of aliphatic hydroxyl groups is 1. The number of fused-ring (bicyclic) bond motifs is 1. The Kier molecular flexibility index (Phi) is 8.17. The molecule has 1 heterocycles. The molecule has 1 aliphatic carbocycles. The van der Waals surface area contributed by atoms with Crippen LogP contribution < -0.4 is 23.7 Å². The summed E-state index contributed by atoms with van der Waals surface area (Å²) in [5.41, 5.74) is 0.820. The van der Waals surface area contributed by atoms with Crippen LogP contribution >= 0.6 is 0 Å². The second-order valence-electron chi connectivity index (χ2n) is 9.58. The highest BCUT2D eigenvalue weighted by Gasteiger charge is 2.50. The van der Waals surface area contributed by atoms with Crippen molar-refractivity contribution in [3.8, 4) is 28.7 Å². The van der Waals surface area contributed by atoms with Crippen LogP contribution in [-0.2, 0) is 4.79 Å². The van der Waals surface area contributed by atoms with Crippen LogP contribution in [0.4, 0.5) is 0 Å². The van der Waals surface area contributed by atoms with Crippen LogP contribution in [0.5, 0.6) is 28.7 Å². The lowest BCUT2D eigenvalue weighted by atomic mass is 9.66. The molecule has 3 atom stereocenters. The van der Waals surface area contributed by atoms with Crippen LogP contribution in [0.2, 0.25) is 0 Å². The molecular weight excluding hydrogens is 474 g/mol. The van der Waals surface area contributed by atoms with E-state index in [1.54, 1.807) is 59.8 Å². The van der Waals surface area contributed by atoms with E-state index < -0.39 is 5.60 Å². The molecule has 4 rings (SSSR count). The Morgan fingerprint density at radius 2 is 1.62 bits per heavy atom. The summed E-state index contributed by atoms with van der Waals surface area (Å²) in [5, 5.41) is 11.6. The maximum absolute atomic E-state index is 13.7. The summed E-state index contributed by atoms with van der Waals surface area (Å²) in [7, 11) is 7.89. The van der Waals surface area contributed by atoms with E-state index in [4.69, 9.17) is 23.7 Å². The molecule has 0 bridgehead atoms. The number of methoxy groups -OCH3 is 5. The highest BCUT2D eigenvalue weighted by molar-refractivity contribution is 5.92. The first-order chi connectivity index (χ1) is 17.9. The van der Waals surface area contributed by atoms with Crippen molar-refractivity contribution in [2.24, 2.45) is 5.92 Å². The van der Waals surface area contributed by atoms with E-state index in [1.165, 1.54) is 0 Å². The van der Waals surface area contributed by atoms with Gasteiger partial charge in [-0.3, -0.25) is 4.79 Å². The van der Waals surface area contributed by atoms with Crippen LogP contribution in [0, 0.1) is 5.92 Å². The Balaban J connectivity index is 1.70. The van der Waals surface area contributed by atoms with E-state index in [2.05, 4.69) is 0 Å². The molecule has 2 aromatic rings. The van der Waals surface area contributed by atoms with Crippen molar-refractivity contribution in [2.75, 3.05) is 42.1 Å². The fourth-order valence-electron chi connectivity index (χ4n) is 5.84. The van der Waals surface area contributed by atoms with Gasteiger partial charge in [-0.1, -0.05) is 12.8 Å². The molecule has 2 aliphatic rings. The summed E-state index contributed by atoms with van der Waals surface area (Å²) in [4.78, 5) is 15.6. The van der Waals surface area contributed by atoms with Crippen LogP contribution in [0.1, 0.15) is 49.3 Å². The van der Waals surface area contributed by atoms with E-state index in [0.717, 1.165) is 36.8 Å². The van der Waals surface area contributed by atoms with Crippen LogP contribution in [0.25, 0.3) is 6.08 Å². The topological polar surface area (TPSA) is 86.7 Å². The molecule has 0 radical (unpaired) electrons. The number of carbonyl (C=O) groups is 1. The number of amides is 1. The average Bonchev–Trinajstić information content (AvgIpc) is 2.93. The van der Waals surface area contributed by atoms with Gasteiger partial charge in [0.1, 0.15) is 11.5 Å². The van der Waals surface area contributed by atoms with Crippen molar-refractivity contribution >= 4 is 12.0 Å². The van der Waals surface area contributed by atoms with Gasteiger partial charge in [0, 0.05) is 30.2 Å². The molecule has 8 heteroatoms. The molecule has 1 amide bonds.